The SMILES string of the molecule is CCN1C(=O)[C@@H](Cc2cccc(OC)c2)c2cc(Br)ccc21. The van der Waals surface area contributed by atoms with Crippen LogP contribution in [-0.2, 0) is 11.2 Å². The molecule has 2 aromatic rings. The smallest absolute Gasteiger partial charge is 0.234 e. The number of carbonyl (C=O) groups is 1. The summed E-state index contributed by atoms with van der Waals surface area (Å²) >= 11 is 3.51. The Morgan fingerprint density at radius 3 is 2.77 bits per heavy atom. The van der Waals surface area contributed by atoms with E-state index in [2.05, 4.69) is 22.0 Å². The van der Waals surface area contributed by atoms with Gasteiger partial charge >= 0.3 is 0 Å². The average molecular weight is 360 g/mol. The van der Waals surface area contributed by atoms with Crippen LogP contribution in [0, 0.1) is 0 Å². The van der Waals surface area contributed by atoms with Gasteiger partial charge in [0.05, 0.1) is 13.0 Å². The van der Waals surface area contributed by atoms with E-state index in [0.29, 0.717) is 13.0 Å². The number of ether oxygens (including phenoxy) is 1. The molecule has 22 heavy (non-hydrogen) atoms. The lowest BCUT2D eigenvalue weighted by Crippen LogP contribution is -2.29. The van der Waals surface area contributed by atoms with Crippen molar-refractivity contribution in [1.29, 1.82) is 0 Å². The standard InChI is InChI=1S/C18H18BrNO2/c1-3-20-17-8-7-13(19)11-15(17)16(18(20)21)10-12-5-4-6-14(9-12)22-2/h4-9,11,16H,3,10H2,1-2H3/t16-/m0/s1. The van der Waals surface area contributed by atoms with Gasteiger partial charge in [0.15, 0.2) is 0 Å². The highest BCUT2D eigenvalue weighted by molar-refractivity contribution is 9.10. The van der Waals surface area contributed by atoms with Gasteiger partial charge in [-0.25, -0.2) is 0 Å². The molecule has 1 amide bonds. The highest BCUT2D eigenvalue weighted by Crippen LogP contribution is 2.40. The number of halogens is 1. The second-order valence-corrected chi connectivity index (χ2v) is 6.31. The van der Waals surface area contributed by atoms with E-state index in [4.69, 9.17) is 4.74 Å². The number of hydrogen-bond acceptors (Lipinski definition) is 2. The molecule has 0 bridgehead atoms. The maximum Gasteiger partial charge on any atom is 0.234 e. The van der Waals surface area contributed by atoms with E-state index in [9.17, 15) is 4.79 Å². The quantitative estimate of drug-likeness (QED) is 0.820. The third-order valence-electron chi connectivity index (χ3n) is 4.11. The minimum atomic E-state index is -0.125. The molecular formula is C18H18BrNO2. The first-order chi connectivity index (χ1) is 10.6. The number of carbonyl (C=O) groups excluding carboxylic acids is 1. The van der Waals surface area contributed by atoms with Crippen LogP contribution in [0.15, 0.2) is 46.9 Å². The van der Waals surface area contributed by atoms with Crippen molar-refractivity contribution in [2.45, 2.75) is 19.3 Å². The van der Waals surface area contributed by atoms with Crippen LogP contribution in [0.2, 0.25) is 0 Å². The lowest BCUT2D eigenvalue weighted by molar-refractivity contribution is -0.119. The Bertz CT molecular complexity index is 714. The van der Waals surface area contributed by atoms with Crippen LogP contribution in [0.5, 0.6) is 5.75 Å². The second kappa shape index (κ2) is 6.13. The summed E-state index contributed by atoms with van der Waals surface area (Å²) in [6.45, 7) is 2.71. The fraction of sp³-hybridized carbons (Fsp3) is 0.278. The zero-order valence-corrected chi connectivity index (χ0v) is 14.3. The zero-order chi connectivity index (χ0) is 15.7. The molecule has 0 saturated carbocycles. The monoisotopic (exact) mass is 359 g/mol. The highest BCUT2D eigenvalue weighted by Gasteiger charge is 2.36. The maximum absolute atomic E-state index is 12.7. The first-order valence-electron chi connectivity index (χ1n) is 7.37. The van der Waals surface area contributed by atoms with Crippen molar-refractivity contribution in [2.24, 2.45) is 0 Å². The molecule has 3 nitrogen and oxygen atoms in total. The molecule has 0 radical (unpaired) electrons. The van der Waals surface area contributed by atoms with Crippen molar-refractivity contribution >= 4 is 27.5 Å². The second-order valence-electron chi connectivity index (χ2n) is 5.39. The third-order valence-corrected chi connectivity index (χ3v) is 4.60. The van der Waals surface area contributed by atoms with Crippen LogP contribution in [0.3, 0.4) is 0 Å². The van der Waals surface area contributed by atoms with Crippen molar-refractivity contribution in [1.82, 2.24) is 0 Å². The third kappa shape index (κ3) is 2.63. The molecule has 1 aliphatic heterocycles. The maximum atomic E-state index is 12.7. The molecule has 1 heterocycles. The molecule has 0 saturated heterocycles. The van der Waals surface area contributed by atoms with Crippen molar-refractivity contribution in [3.63, 3.8) is 0 Å². The molecule has 4 heteroatoms. The van der Waals surface area contributed by atoms with Crippen LogP contribution >= 0.6 is 15.9 Å². The predicted octanol–water partition coefficient (Wildman–Crippen LogP) is 4.15. The number of likely N-dealkylation sites (N-methyl/N-ethyl adjacent to an activating group) is 1. The first-order valence-corrected chi connectivity index (χ1v) is 8.17. The van der Waals surface area contributed by atoms with E-state index in [-0.39, 0.29) is 11.8 Å². The summed E-state index contributed by atoms with van der Waals surface area (Å²) in [5.74, 6) is 0.878. The molecule has 0 fully saturated rings. The largest absolute Gasteiger partial charge is 0.497 e. The normalized spacial score (nSPS) is 16.8. The Balaban J connectivity index is 1.97. The molecule has 0 spiro atoms. The first kappa shape index (κ1) is 15.1. The Labute approximate surface area is 139 Å². The summed E-state index contributed by atoms with van der Waals surface area (Å²) in [6.07, 6.45) is 0.690. The van der Waals surface area contributed by atoms with Gasteiger partial charge in [0.2, 0.25) is 5.91 Å². The number of methoxy groups -OCH3 is 1. The van der Waals surface area contributed by atoms with Gasteiger partial charge in [0.25, 0.3) is 0 Å². The van der Waals surface area contributed by atoms with E-state index in [1.165, 1.54) is 0 Å². The van der Waals surface area contributed by atoms with Gasteiger partial charge in [-0.1, -0.05) is 28.1 Å². The minimum Gasteiger partial charge on any atom is -0.497 e. The molecule has 0 aromatic heterocycles. The summed E-state index contributed by atoms with van der Waals surface area (Å²) in [5, 5.41) is 0. The van der Waals surface area contributed by atoms with Crippen LogP contribution in [0.25, 0.3) is 0 Å². The van der Waals surface area contributed by atoms with Crippen LogP contribution in [-0.4, -0.2) is 19.6 Å². The molecule has 2 aromatic carbocycles. The van der Waals surface area contributed by atoms with E-state index < -0.39 is 0 Å². The van der Waals surface area contributed by atoms with Gasteiger partial charge in [0, 0.05) is 16.7 Å². The Hall–Kier alpha value is -1.81. The molecule has 0 aliphatic carbocycles. The van der Waals surface area contributed by atoms with E-state index >= 15 is 0 Å². The molecular weight excluding hydrogens is 342 g/mol. The molecule has 114 valence electrons. The summed E-state index contributed by atoms with van der Waals surface area (Å²) < 4.78 is 6.28. The van der Waals surface area contributed by atoms with Gasteiger partial charge in [-0.05, 0) is 54.8 Å². The summed E-state index contributed by atoms with van der Waals surface area (Å²) in [7, 11) is 1.66. The van der Waals surface area contributed by atoms with E-state index in [1.54, 1.807) is 7.11 Å². The Kier molecular flexibility index (Phi) is 4.21. The number of fused-ring (bicyclic) bond motifs is 1. The Morgan fingerprint density at radius 2 is 2.05 bits per heavy atom. The van der Waals surface area contributed by atoms with Crippen LogP contribution in [0.1, 0.15) is 24.0 Å². The number of amides is 1. The van der Waals surface area contributed by atoms with Crippen molar-refractivity contribution in [3.05, 3.63) is 58.1 Å². The number of hydrogen-bond donors (Lipinski definition) is 0. The predicted molar refractivity (Wildman–Crippen MR) is 91.6 cm³/mol. The lowest BCUT2D eigenvalue weighted by atomic mass is 9.93. The fourth-order valence-corrected chi connectivity index (χ4v) is 3.43. The summed E-state index contributed by atoms with van der Waals surface area (Å²) in [6, 6.07) is 14.0. The van der Waals surface area contributed by atoms with Crippen LogP contribution in [0.4, 0.5) is 5.69 Å². The topological polar surface area (TPSA) is 29.5 Å². The number of benzene rings is 2. The van der Waals surface area contributed by atoms with E-state index in [0.717, 1.165) is 27.0 Å². The molecule has 0 unspecified atom stereocenters. The number of anilines is 1. The van der Waals surface area contributed by atoms with Gasteiger partial charge in [0.1, 0.15) is 5.75 Å². The van der Waals surface area contributed by atoms with Crippen molar-refractivity contribution in [3.8, 4) is 5.75 Å². The molecule has 0 N–H and O–H groups in total. The van der Waals surface area contributed by atoms with Crippen LogP contribution < -0.4 is 9.64 Å². The van der Waals surface area contributed by atoms with Gasteiger partial charge < -0.3 is 9.64 Å². The van der Waals surface area contributed by atoms with E-state index in [1.807, 2.05) is 48.2 Å². The molecule has 1 aliphatic rings. The highest BCUT2D eigenvalue weighted by atomic mass is 79.9. The van der Waals surface area contributed by atoms with Crippen molar-refractivity contribution in [2.75, 3.05) is 18.6 Å². The number of nitrogens with zero attached hydrogens (tertiary/aromatic N) is 1. The van der Waals surface area contributed by atoms with Gasteiger partial charge in [-0.2, -0.15) is 0 Å². The van der Waals surface area contributed by atoms with Gasteiger partial charge in [-0.3, -0.25) is 4.79 Å². The summed E-state index contributed by atoms with van der Waals surface area (Å²) in [5.41, 5.74) is 3.24. The average Bonchev–Trinajstić information content (AvgIpc) is 2.79. The lowest BCUT2D eigenvalue weighted by Gasteiger charge is -2.15. The van der Waals surface area contributed by atoms with Gasteiger partial charge in [-0.15, -0.1) is 0 Å². The minimum absolute atomic E-state index is 0.125. The Morgan fingerprint density at radius 1 is 1.23 bits per heavy atom. The zero-order valence-electron chi connectivity index (χ0n) is 12.7. The summed E-state index contributed by atoms with van der Waals surface area (Å²) in [4.78, 5) is 14.6. The van der Waals surface area contributed by atoms with Crippen molar-refractivity contribution < 1.29 is 9.53 Å². The molecule has 1 atom stereocenters. The number of rotatable bonds is 4. The fourth-order valence-electron chi connectivity index (χ4n) is 3.05. The molecule has 3 rings (SSSR count).